The van der Waals surface area contributed by atoms with Gasteiger partial charge in [0.25, 0.3) is 5.91 Å². The Morgan fingerprint density at radius 2 is 2.21 bits per heavy atom. The van der Waals surface area contributed by atoms with Gasteiger partial charge in [-0.05, 0) is 32.9 Å². The van der Waals surface area contributed by atoms with Crippen LogP contribution in [0.4, 0.5) is 0 Å². The van der Waals surface area contributed by atoms with Crippen LogP contribution in [0.2, 0.25) is 5.15 Å². The minimum atomic E-state index is -0.273. The van der Waals surface area contributed by atoms with Crippen molar-refractivity contribution in [2.75, 3.05) is 0 Å². The number of aromatic nitrogens is 2. The molecule has 1 N–H and O–H groups in total. The van der Waals surface area contributed by atoms with E-state index in [4.69, 9.17) is 16.1 Å². The number of carbonyl (C=O) groups excluding carboxylic acids is 1. The summed E-state index contributed by atoms with van der Waals surface area (Å²) in [5, 5.41) is 6.91. The third kappa shape index (κ3) is 2.76. The molecule has 0 saturated carbocycles. The van der Waals surface area contributed by atoms with Crippen molar-refractivity contribution in [3.63, 3.8) is 0 Å². The molecule has 0 spiro atoms. The van der Waals surface area contributed by atoms with Gasteiger partial charge in [0.1, 0.15) is 10.9 Å². The molecule has 0 saturated heterocycles. The molecule has 0 aliphatic rings. The Balaban J connectivity index is 2.18. The summed E-state index contributed by atoms with van der Waals surface area (Å²) < 4.78 is 5.09. The first-order chi connectivity index (χ1) is 9.00. The van der Waals surface area contributed by atoms with Gasteiger partial charge in [-0.25, -0.2) is 4.98 Å². The number of hydrogen-bond donors (Lipinski definition) is 1. The predicted octanol–water partition coefficient (Wildman–Crippen LogP) is 2.83. The molecule has 2 aromatic rings. The molecule has 1 atom stereocenters. The van der Waals surface area contributed by atoms with Gasteiger partial charge in [0, 0.05) is 11.8 Å². The summed E-state index contributed by atoms with van der Waals surface area (Å²) in [6.07, 6.45) is 1.54. The largest absolute Gasteiger partial charge is 0.361 e. The van der Waals surface area contributed by atoms with Gasteiger partial charge in [-0.15, -0.1) is 0 Å². The number of pyridine rings is 1. The van der Waals surface area contributed by atoms with Gasteiger partial charge in [0.2, 0.25) is 0 Å². The van der Waals surface area contributed by atoms with Crippen molar-refractivity contribution in [1.29, 1.82) is 0 Å². The fourth-order valence-electron chi connectivity index (χ4n) is 2.01. The molecular weight excluding hydrogens is 266 g/mol. The highest BCUT2D eigenvalue weighted by atomic mass is 35.5. The van der Waals surface area contributed by atoms with E-state index in [-0.39, 0.29) is 17.1 Å². The fourth-order valence-corrected chi connectivity index (χ4v) is 2.22. The van der Waals surface area contributed by atoms with Crippen molar-refractivity contribution in [1.82, 2.24) is 15.5 Å². The molecule has 2 rings (SSSR count). The molecule has 2 aromatic heterocycles. The highest BCUT2D eigenvalue weighted by Gasteiger charge is 2.20. The van der Waals surface area contributed by atoms with E-state index in [0.717, 1.165) is 11.3 Å². The summed E-state index contributed by atoms with van der Waals surface area (Å²) in [7, 11) is 0. The molecule has 6 heteroatoms. The van der Waals surface area contributed by atoms with Crippen LogP contribution in [0.15, 0.2) is 22.9 Å². The van der Waals surface area contributed by atoms with E-state index >= 15 is 0 Å². The van der Waals surface area contributed by atoms with Crippen LogP contribution >= 0.6 is 11.6 Å². The third-order valence-corrected chi connectivity index (χ3v) is 3.17. The Bertz CT molecular complexity index is 590. The zero-order valence-electron chi connectivity index (χ0n) is 10.9. The van der Waals surface area contributed by atoms with Crippen molar-refractivity contribution in [2.24, 2.45) is 0 Å². The van der Waals surface area contributed by atoms with Crippen LogP contribution in [0.25, 0.3) is 0 Å². The summed E-state index contributed by atoms with van der Waals surface area (Å²) in [5.41, 5.74) is 2.00. The number of amides is 1. The number of hydrogen-bond acceptors (Lipinski definition) is 4. The van der Waals surface area contributed by atoms with E-state index in [1.165, 1.54) is 6.20 Å². The van der Waals surface area contributed by atoms with Crippen LogP contribution < -0.4 is 5.32 Å². The number of nitrogens with one attached hydrogen (secondary N) is 1. The minimum absolute atomic E-state index is 0.186. The zero-order chi connectivity index (χ0) is 14.0. The molecule has 1 unspecified atom stereocenters. The highest BCUT2D eigenvalue weighted by Crippen LogP contribution is 2.22. The van der Waals surface area contributed by atoms with Gasteiger partial charge in [-0.1, -0.05) is 16.8 Å². The first-order valence-electron chi connectivity index (χ1n) is 5.85. The van der Waals surface area contributed by atoms with E-state index in [9.17, 15) is 4.79 Å². The number of rotatable bonds is 3. The second kappa shape index (κ2) is 5.40. The van der Waals surface area contributed by atoms with E-state index < -0.39 is 0 Å². The van der Waals surface area contributed by atoms with E-state index in [0.29, 0.717) is 11.3 Å². The van der Waals surface area contributed by atoms with Crippen molar-refractivity contribution in [2.45, 2.75) is 26.8 Å². The quantitative estimate of drug-likeness (QED) is 0.877. The van der Waals surface area contributed by atoms with Gasteiger partial charge in [0.05, 0.1) is 17.3 Å². The minimum Gasteiger partial charge on any atom is -0.361 e. The van der Waals surface area contributed by atoms with Crippen molar-refractivity contribution in [3.05, 3.63) is 46.1 Å². The van der Waals surface area contributed by atoms with Crippen LogP contribution in [0.5, 0.6) is 0 Å². The molecule has 0 aliphatic heterocycles. The molecule has 19 heavy (non-hydrogen) atoms. The summed E-state index contributed by atoms with van der Waals surface area (Å²) in [6.45, 7) is 5.52. The van der Waals surface area contributed by atoms with Crippen molar-refractivity contribution >= 4 is 17.5 Å². The second-order valence-corrected chi connectivity index (χ2v) is 4.63. The third-order valence-electron chi connectivity index (χ3n) is 2.87. The monoisotopic (exact) mass is 279 g/mol. The van der Waals surface area contributed by atoms with Gasteiger partial charge < -0.3 is 9.84 Å². The molecule has 0 radical (unpaired) electrons. The molecule has 0 fully saturated rings. The van der Waals surface area contributed by atoms with E-state index in [2.05, 4.69) is 15.5 Å². The van der Waals surface area contributed by atoms with Crippen molar-refractivity contribution < 1.29 is 9.32 Å². The van der Waals surface area contributed by atoms with E-state index in [1.54, 1.807) is 12.1 Å². The SMILES string of the molecule is Cc1noc(C)c1C(C)NC(=O)c1cccnc1Cl. The standard InChI is InChI=1S/C13H14ClN3O2/c1-7(11-8(2)17-19-9(11)3)16-13(18)10-5-4-6-15-12(10)14/h4-7H,1-3H3,(H,16,18). The fraction of sp³-hybridized carbons (Fsp3) is 0.308. The average Bonchev–Trinajstić information content (AvgIpc) is 2.69. The lowest BCUT2D eigenvalue weighted by molar-refractivity contribution is 0.0939. The molecule has 5 nitrogen and oxygen atoms in total. The molecule has 100 valence electrons. The van der Waals surface area contributed by atoms with Gasteiger partial charge >= 0.3 is 0 Å². The lowest BCUT2D eigenvalue weighted by atomic mass is 10.1. The van der Waals surface area contributed by atoms with Crippen molar-refractivity contribution in [3.8, 4) is 0 Å². The Kier molecular flexibility index (Phi) is 3.85. The summed E-state index contributed by atoms with van der Waals surface area (Å²) in [5.74, 6) is 0.424. The summed E-state index contributed by atoms with van der Waals surface area (Å²) >= 11 is 5.89. The van der Waals surface area contributed by atoms with Gasteiger partial charge in [-0.2, -0.15) is 0 Å². The zero-order valence-corrected chi connectivity index (χ0v) is 11.7. The number of carbonyl (C=O) groups is 1. The first kappa shape index (κ1) is 13.5. The summed E-state index contributed by atoms with van der Waals surface area (Å²) in [6, 6.07) is 3.08. The Morgan fingerprint density at radius 3 is 2.79 bits per heavy atom. The normalized spacial score (nSPS) is 12.2. The van der Waals surface area contributed by atoms with Gasteiger partial charge in [0.15, 0.2) is 0 Å². The maximum absolute atomic E-state index is 12.1. The van der Waals surface area contributed by atoms with Crippen LogP contribution in [0.3, 0.4) is 0 Å². The van der Waals surface area contributed by atoms with Crippen LogP contribution in [0, 0.1) is 13.8 Å². The smallest absolute Gasteiger partial charge is 0.254 e. The maximum atomic E-state index is 12.1. The molecule has 1 amide bonds. The maximum Gasteiger partial charge on any atom is 0.254 e. The molecular formula is C13H14ClN3O2. The Hall–Kier alpha value is -1.88. The lowest BCUT2D eigenvalue weighted by Gasteiger charge is -2.14. The van der Waals surface area contributed by atoms with Crippen LogP contribution in [-0.2, 0) is 0 Å². The lowest BCUT2D eigenvalue weighted by Crippen LogP contribution is -2.27. The average molecular weight is 280 g/mol. The van der Waals surface area contributed by atoms with Crippen LogP contribution in [-0.4, -0.2) is 16.0 Å². The molecule has 2 heterocycles. The topological polar surface area (TPSA) is 68.0 Å². The number of aryl methyl sites for hydroxylation is 2. The number of halogens is 1. The van der Waals surface area contributed by atoms with E-state index in [1.807, 2.05) is 20.8 Å². The van der Waals surface area contributed by atoms with Crippen LogP contribution in [0.1, 0.15) is 40.3 Å². The molecule has 0 aromatic carbocycles. The molecule has 0 aliphatic carbocycles. The second-order valence-electron chi connectivity index (χ2n) is 4.27. The highest BCUT2D eigenvalue weighted by molar-refractivity contribution is 6.32. The first-order valence-corrected chi connectivity index (χ1v) is 6.22. The van der Waals surface area contributed by atoms with Gasteiger partial charge in [-0.3, -0.25) is 4.79 Å². The Morgan fingerprint density at radius 1 is 1.47 bits per heavy atom. The number of nitrogens with zero attached hydrogens (tertiary/aromatic N) is 2. The molecule has 0 bridgehead atoms. The Labute approximate surface area is 116 Å². The summed E-state index contributed by atoms with van der Waals surface area (Å²) in [4.78, 5) is 16.0. The predicted molar refractivity (Wildman–Crippen MR) is 71.1 cm³/mol.